The Morgan fingerprint density at radius 1 is 1.04 bits per heavy atom. The van der Waals surface area contributed by atoms with Crippen LogP contribution in [0.15, 0.2) is 77.5 Å². The van der Waals surface area contributed by atoms with Crippen LogP contribution in [0.25, 0.3) is 0 Å². The Labute approximate surface area is 161 Å². The van der Waals surface area contributed by atoms with E-state index in [0.29, 0.717) is 5.57 Å². The third kappa shape index (κ3) is 4.68. The molecule has 1 N–H and O–H groups in total. The van der Waals surface area contributed by atoms with E-state index in [2.05, 4.69) is 49.5 Å². The minimum atomic E-state index is -0.253. The van der Waals surface area contributed by atoms with Gasteiger partial charge in [0.2, 0.25) is 0 Å². The molecule has 1 aliphatic rings. The quantitative estimate of drug-likeness (QED) is 0.690. The molecule has 0 bridgehead atoms. The minimum absolute atomic E-state index is 0.0181. The van der Waals surface area contributed by atoms with Gasteiger partial charge in [-0.05, 0) is 57.9 Å². The predicted molar refractivity (Wildman–Crippen MR) is 111 cm³/mol. The fraction of sp³-hybridized carbons (Fsp3) is 0.292. The van der Waals surface area contributed by atoms with Crippen LogP contribution in [0.2, 0.25) is 0 Å². The zero-order valence-corrected chi connectivity index (χ0v) is 16.5. The molecular weight excluding hydrogens is 334 g/mol. The van der Waals surface area contributed by atoms with Crippen molar-refractivity contribution >= 4 is 11.7 Å². The van der Waals surface area contributed by atoms with Gasteiger partial charge in [-0.25, -0.2) is 4.79 Å². The van der Waals surface area contributed by atoms with Gasteiger partial charge in [-0.3, -0.25) is 0 Å². The van der Waals surface area contributed by atoms with Crippen LogP contribution < -0.4 is 5.32 Å². The van der Waals surface area contributed by atoms with Crippen LogP contribution in [-0.2, 0) is 9.53 Å². The van der Waals surface area contributed by atoms with Gasteiger partial charge >= 0.3 is 5.97 Å². The number of nitrogens with one attached hydrogen (secondary N) is 1. The smallest absolute Gasteiger partial charge is 0.337 e. The first-order chi connectivity index (χ1) is 12.9. The van der Waals surface area contributed by atoms with E-state index in [1.807, 2.05) is 44.2 Å². The zero-order chi connectivity index (χ0) is 19.4. The largest absolute Gasteiger partial charge is 0.460 e. The second kappa shape index (κ2) is 8.26. The number of aryl methyl sites for hydroxylation is 1. The topological polar surface area (TPSA) is 38.3 Å². The highest BCUT2D eigenvalue weighted by molar-refractivity contribution is 5.93. The molecule has 0 saturated heterocycles. The summed E-state index contributed by atoms with van der Waals surface area (Å²) < 4.78 is 5.60. The fourth-order valence-electron chi connectivity index (χ4n) is 3.39. The highest BCUT2D eigenvalue weighted by Gasteiger charge is 2.31. The number of carbonyl (C=O) groups excluding carboxylic acids is 1. The maximum Gasteiger partial charge on any atom is 0.337 e. The monoisotopic (exact) mass is 361 g/mol. The van der Waals surface area contributed by atoms with Gasteiger partial charge in [-0.1, -0.05) is 53.6 Å². The first-order valence-electron chi connectivity index (χ1n) is 9.45. The fourth-order valence-corrected chi connectivity index (χ4v) is 3.39. The minimum Gasteiger partial charge on any atom is -0.460 e. The molecular formula is C24H27NO2. The number of rotatable bonds is 5. The summed E-state index contributed by atoms with van der Waals surface area (Å²) in [6, 6.07) is 18.4. The molecule has 3 nitrogen and oxygen atoms in total. The average molecular weight is 361 g/mol. The molecule has 0 aromatic heterocycles. The van der Waals surface area contributed by atoms with Gasteiger partial charge in [0.05, 0.1) is 11.7 Å². The van der Waals surface area contributed by atoms with E-state index in [0.717, 1.165) is 23.4 Å². The molecule has 0 amide bonds. The molecule has 140 valence electrons. The van der Waals surface area contributed by atoms with E-state index in [1.54, 1.807) is 0 Å². The Morgan fingerprint density at radius 3 is 2.33 bits per heavy atom. The first kappa shape index (κ1) is 19.0. The van der Waals surface area contributed by atoms with E-state index < -0.39 is 0 Å². The van der Waals surface area contributed by atoms with Crippen molar-refractivity contribution in [3.05, 3.63) is 88.6 Å². The lowest BCUT2D eigenvalue weighted by Gasteiger charge is -2.28. The van der Waals surface area contributed by atoms with Gasteiger partial charge in [-0.2, -0.15) is 0 Å². The van der Waals surface area contributed by atoms with Gasteiger partial charge in [0.15, 0.2) is 0 Å². The molecule has 0 heterocycles. The van der Waals surface area contributed by atoms with Gasteiger partial charge < -0.3 is 10.1 Å². The summed E-state index contributed by atoms with van der Waals surface area (Å²) in [5, 5.41) is 3.44. The molecule has 0 radical (unpaired) electrons. The average Bonchev–Trinajstić information content (AvgIpc) is 2.63. The summed E-state index contributed by atoms with van der Waals surface area (Å²) in [5.74, 6) is -0.271. The number of hydrogen-bond acceptors (Lipinski definition) is 3. The molecule has 0 spiro atoms. The lowest BCUT2D eigenvalue weighted by molar-refractivity contribution is -0.143. The summed E-state index contributed by atoms with van der Waals surface area (Å²) in [6.07, 6.45) is 2.72. The SMILES string of the molecule is CC1=CC(Nc2ccc(C)cc2)=C(C(=O)OC(C)C)C(c2ccccc2)C1. The van der Waals surface area contributed by atoms with E-state index in [4.69, 9.17) is 4.74 Å². The van der Waals surface area contributed by atoms with Crippen LogP contribution in [0.5, 0.6) is 0 Å². The Balaban J connectivity index is 2.06. The molecule has 27 heavy (non-hydrogen) atoms. The highest BCUT2D eigenvalue weighted by atomic mass is 16.5. The summed E-state index contributed by atoms with van der Waals surface area (Å²) in [4.78, 5) is 13.0. The Bertz CT molecular complexity index is 861. The van der Waals surface area contributed by atoms with Crippen LogP contribution in [-0.4, -0.2) is 12.1 Å². The van der Waals surface area contributed by atoms with Gasteiger partial charge in [0, 0.05) is 17.3 Å². The lowest BCUT2D eigenvalue weighted by Crippen LogP contribution is -2.24. The highest BCUT2D eigenvalue weighted by Crippen LogP contribution is 2.38. The molecule has 3 heteroatoms. The number of anilines is 1. The summed E-state index contributed by atoms with van der Waals surface area (Å²) in [7, 11) is 0. The Morgan fingerprint density at radius 2 is 1.70 bits per heavy atom. The second-order valence-electron chi connectivity index (χ2n) is 7.43. The molecule has 1 atom stereocenters. The number of ether oxygens (including phenoxy) is 1. The predicted octanol–water partition coefficient (Wildman–Crippen LogP) is 5.75. The first-order valence-corrected chi connectivity index (χ1v) is 9.45. The molecule has 1 aliphatic carbocycles. The summed E-state index contributed by atoms with van der Waals surface area (Å²) in [5.41, 5.74) is 6.04. The molecule has 0 aliphatic heterocycles. The Hall–Kier alpha value is -2.81. The van der Waals surface area contributed by atoms with Crippen LogP contribution >= 0.6 is 0 Å². The Kier molecular flexibility index (Phi) is 5.80. The number of carbonyl (C=O) groups is 1. The number of esters is 1. The van der Waals surface area contributed by atoms with Crippen molar-refractivity contribution in [3.63, 3.8) is 0 Å². The van der Waals surface area contributed by atoms with Crippen molar-refractivity contribution in [2.75, 3.05) is 5.32 Å². The van der Waals surface area contributed by atoms with E-state index in [9.17, 15) is 4.79 Å². The van der Waals surface area contributed by atoms with Gasteiger partial charge in [0.1, 0.15) is 0 Å². The van der Waals surface area contributed by atoms with Crippen molar-refractivity contribution in [3.8, 4) is 0 Å². The van der Waals surface area contributed by atoms with Crippen molar-refractivity contribution in [1.82, 2.24) is 0 Å². The third-order valence-corrected chi connectivity index (χ3v) is 4.65. The maximum atomic E-state index is 13.0. The van der Waals surface area contributed by atoms with Crippen molar-refractivity contribution in [2.24, 2.45) is 0 Å². The molecule has 2 aromatic carbocycles. The molecule has 0 fully saturated rings. The lowest BCUT2D eigenvalue weighted by atomic mass is 9.81. The van der Waals surface area contributed by atoms with Crippen LogP contribution in [0.3, 0.4) is 0 Å². The number of hydrogen-bond donors (Lipinski definition) is 1. The zero-order valence-electron chi connectivity index (χ0n) is 16.5. The van der Waals surface area contributed by atoms with Crippen molar-refractivity contribution in [2.45, 2.75) is 46.1 Å². The maximum absolute atomic E-state index is 13.0. The van der Waals surface area contributed by atoms with Crippen molar-refractivity contribution in [1.29, 1.82) is 0 Å². The van der Waals surface area contributed by atoms with E-state index >= 15 is 0 Å². The number of benzene rings is 2. The van der Waals surface area contributed by atoms with Gasteiger partial charge in [0.25, 0.3) is 0 Å². The van der Waals surface area contributed by atoms with Crippen LogP contribution in [0.1, 0.15) is 44.2 Å². The second-order valence-corrected chi connectivity index (χ2v) is 7.43. The van der Waals surface area contributed by atoms with E-state index in [-0.39, 0.29) is 18.0 Å². The standard InChI is InChI=1S/C24H27NO2/c1-16(2)27-24(26)23-21(19-8-6-5-7-9-19)14-18(4)15-22(23)25-20-12-10-17(3)11-13-20/h5-13,15-16,21,25H,14H2,1-4H3. The number of allylic oxidation sites excluding steroid dienone is 2. The normalized spacial score (nSPS) is 16.9. The third-order valence-electron chi connectivity index (χ3n) is 4.65. The summed E-state index contributed by atoms with van der Waals surface area (Å²) in [6.45, 7) is 7.93. The van der Waals surface area contributed by atoms with E-state index in [1.165, 1.54) is 11.1 Å². The van der Waals surface area contributed by atoms with Crippen molar-refractivity contribution < 1.29 is 9.53 Å². The molecule has 3 rings (SSSR count). The molecule has 0 saturated carbocycles. The van der Waals surface area contributed by atoms with Crippen LogP contribution in [0.4, 0.5) is 5.69 Å². The van der Waals surface area contributed by atoms with Crippen LogP contribution in [0, 0.1) is 6.92 Å². The summed E-state index contributed by atoms with van der Waals surface area (Å²) >= 11 is 0. The molecule has 1 unspecified atom stereocenters. The van der Waals surface area contributed by atoms with Gasteiger partial charge in [-0.15, -0.1) is 0 Å². The molecule has 2 aromatic rings.